The topological polar surface area (TPSA) is 70.7 Å². The van der Waals surface area contributed by atoms with Crippen LogP contribution < -0.4 is 15.5 Å². The Morgan fingerprint density at radius 2 is 1.85 bits per heavy atom. The van der Waals surface area contributed by atoms with Crippen LogP contribution in [0.3, 0.4) is 0 Å². The zero-order chi connectivity index (χ0) is 18.9. The molecule has 2 aromatic carbocycles. The fourth-order valence-corrected chi connectivity index (χ4v) is 4.25. The minimum Gasteiger partial charge on any atom is -0.378 e. The van der Waals surface area contributed by atoms with Gasteiger partial charge in [-0.05, 0) is 43.3 Å². The maximum Gasteiger partial charge on any atom is 0.250 e. The van der Waals surface area contributed by atoms with Crippen molar-refractivity contribution < 1.29 is 14.3 Å². The molecule has 7 heteroatoms. The van der Waals surface area contributed by atoms with E-state index >= 15 is 0 Å². The maximum atomic E-state index is 12.9. The highest BCUT2D eigenvalue weighted by molar-refractivity contribution is 8.02. The third-order valence-corrected chi connectivity index (χ3v) is 6.17. The molecule has 0 bridgehead atoms. The molecule has 0 spiro atoms. The number of carbonyl (C=O) groups excluding carboxylic acids is 2. The van der Waals surface area contributed by atoms with Crippen LogP contribution in [0.15, 0.2) is 53.4 Å². The first kappa shape index (κ1) is 17.9. The first-order valence-electron chi connectivity index (χ1n) is 8.90. The molecule has 2 aliphatic heterocycles. The Balaban J connectivity index is 1.47. The first-order valence-corrected chi connectivity index (χ1v) is 9.72. The van der Waals surface area contributed by atoms with Gasteiger partial charge in [0.05, 0.1) is 18.9 Å². The lowest BCUT2D eigenvalue weighted by molar-refractivity contribution is -0.126. The standard InChI is InChI=1S/C20H21N3O3S/c1-20(19(25)22-16-4-2-3-5-17(16)27-20)18(24)21-14-6-8-15(9-7-14)23-10-12-26-13-11-23/h2-9H,10-13H2,1H3,(H,21,24)(H,22,25). The summed E-state index contributed by atoms with van der Waals surface area (Å²) in [6.07, 6.45) is 0. The molecule has 0 saturated carbocycles. The number of hydrogen-bond donors (Lipinski definition) is 2. The molecule has 2 amide bonds. The van der Waals surface area contributed by atoms with E-state index < -0.39 is 4.75 Å². The number of anilines is 3. The number of benzene rings is 2. The van der Waals surface area contributed by atoms with E-state index in [1.165, 1.54) is 11.8 Å². The van der Waals surface area contributed by atoms with E-state index in [-0.39, 0.29) is 11.8 Å². The number of para-hydroxylation sites is 1. The predicted octanol–water partition coefficient (Wildman–Crippen LogP) is 2.96. The van der Waals surface area contributed by atoms with Gasteiger partial charge in [0.2, 0.25) is 11.8 Å². The molecule has 0 aliphatic carbocycles. The van der Waals surface area contributed by atoms with Gasteiger partial charge in [0.15, 0.2) is 4.75 Å². The fourth-order valence-electron chi connectivity index (χ4n) is 3.14. The smallest absolute Gasteiger partial charge is 0.250 e. The fraction of sp³-hybridized carbons (Fsp3) is 0.300. The highest BCUT2D eigenvalue weighted by Gasteiger charge is 2.45. The van der Waals surface area contributed by atoms with E-state index in [0.29, 0.717) is 5.69 Å². The average Bonchev–Trinajstić information content (AvgIpc) is 2.70. The molecule has 1 unspecified atom stereocenters. The molecule has 1 fully saturated rings. The molecular weight excluding hydrogens is 362 g/mol. The summed E-state index contributed by atoms with van der Waals surface area (Å²) in [7, 11) is 0. The Morgan fingerprint density at radius 3 is 2.59 bits per heavy atom. The van der Waals surface area contributed by atoms with Crippen LogP contribution in [0.2, 0.25) is 0 Å². The zero-order valence-electron chi connectivity index (χ0n) is 15.0. The number of fused-ring (bicyclic) bond motifs is 1. The minimum absolute atomic E-state index is 0.311. The Labute approximate surface area is 162 Å². The lowest BCUT2D eigenvalue weighted by Crippen LogP contribution is -2.49. The number of thioether (sulfide) groups is 1. The Bertz CT molecular complexity index is 865. The molecule has 0 radical (unpaired) electrons. The van der Waals surface area contributed by atoms with E-state index in [1.807, 2.05) is 48.5 Å². The van der Waals surface area contributed by atoms with Crippen molar-refractivity contribution in [2.75, 3.05) is 41.8 Å². The highest BCUT2D eigenvalue weighted by atomic mass is 32.2. The molecule has 4 rings (SSSR count). The van der Waals surface area contributed by atoms with Crippen molar-refractivity contribution in [2.24, 2.45) is 0 Å². The molecule has 0 aromatic heterocycles. The van der Waals surface area contributed by atoms with Gasteiger partial charge < -0.3 is 20.3 Å². The predicted molar refractivity (Wildman–Crippen MR) is 107 cm³/mol. The van der Waals surface area contributed by atoms with Crippen molar-refractivity contribution in [3.63, 3.8) is 0 Å². The summed E-state index contributed by atoms with van der Waals surface area (Å²) in [5, 5.41) is 5.71. The Morgan fingerprint density at radius 1 is 1.15 bits per heavy atom. The van der Waals surface area contributed by atoms with Gasteiger partial charge in [-0.3, -0.25) is 9.59 Å². The highest BCUT2D eigenvalue weighted by Crippen LogP contribution is 2.42. The van der Waals surface area contributed by atoms with E-state index in [0.717, 1.165) is 42.6 Å². The van der Waals surface area contributed by atoms with Crippen molar-refractivity contribution in [3.8, 4) is 0 Å². The first-order chi connectivity index (χ1) is 13.1. The van der Waals surface area contributed by atoms with Gasteiger partial charge in [-0.25, -0.2) is 0 Å². The number of hydrogen-bond acceptors (Lipinski definition) is 5. The number of carbonyl (C=O) groups is 2. The van der Waals surface area contributed by atoms with E-state index in [4.69, 9.17) is 4.74 Å². The molecular formula is C20H21N3O3S. The summed E-state index contributed by atoms with van der Waals surface area (Å²) in [6, 6.07) is 15.2. The normalized spacial score (nSPS) is 22.0. The second kappa shape index (κ2) is 7.25. The van der Waals surface area contributed by atoms with E-state index in [9.17, 15) is 9.59 Å². The molecule has 2 aliphatic rings. The van der Waals surface area contributed by atoms with Crippen molar-refractivity contribution >= 4 is 40.6 Å². The molecule has 1 atom stereocenters. The summed E-state index contributed by atoms with van der Waals surface area (Å²) in [5.74, 6) is -0.646. The zero-order valence-corrected chi connectivity index (χ0v) is 15.8. The Hall–Kier alpha value is -2.51. The summed E-state index contributed by atoms with van der Waals surface area (Å²) in [6.45, 7) is 4.83. The monoisotopic (exact) mass is 383 g/mol. The van der Waals surface area contributed by atoms with Gasteiger partial charge in [-0.15, -0.1) is 0 Å². The summed E-state index contributed by atoms with van der Waals surface area (Å²) >= 11 is 1.27. The van der Waals surface area contributed by atoms with Crippen molar-refractivity contribution in [3.05, 3.63) is 48.5 Å². The van der Waals surface area contributed by atoms with Gasteiger partial charge in [0, 0.05) is 29.4 Å². The molecule has 6 nitrogen and oxygen atoms in total. The third kappa shape index (κ3) is 3.52. The molecule has 27 heavy (non-hydrogen) atoms. The van der Waals surface area contributed by atoms with Gasteiger partial charge >= 0.3 is 0 Å². The van der Waals surface area contributed by atoms with Crippen molar-refractivity contribution in [1.29, 1.82) is 0 Å². The summed E-state index contributed by atoms with van der Waals surface area (Å²) < 4.78 is 4.15. The number of rotatable bonds is 3. The quantitative estimate of drug-likeness (QED) is 0.798. The summed E-state index contributed by atoms with van der Waals surface area (Å²) in [5.41, 5.74) is 2.51. The lowest BCUT2D eigenvalue weighted by atomic mass is 10.1. The number of morpholine rings is 1. The maximum absolute atomic E-state index is 12.9. The van der Waals surface area contributed by atoms with Gasteiger partial charge in [0.25, 0.3) is 0 Å². The van der Waals surface area contributed by atoms with Crippen LogP contribution in [0, 0.1) is 0 Å². The molecule has 140 valence electrons. The largest absolute Gasteiger partial charge is 0.378 e. The molecule has 1 saturated heterocycles. The number of amides is 2. The van der Waals surface area contributed by atoms with Crippen LogP contribution >= 0.6 is 11.8 Å². The van der Waals surface area contributed by atoms with Gasteiger partial charge in [0.1, 0.15) is 0 Å². The second-order valence-electron chi connectivity index (χ2n) is 6.69. The van der Waals surface area contributed by atoms with Crippen LogP contribution in [0.4, 0.5) is 17.1 Å². The van der Waals surface area contributed by atoms with E-state index in [1.54, 1.807) is 6.92 Å². The van der Waals surface area contributed by atoms with Gasteiger partial charge in [-0.2, -0.15) is 0 Å². The average molecular weight is 383 g/mol. The molecule has 2 aromatic rings. The van der Waals surface area contributed by atoms with Gasteiger partial charge in [-0.1, -0.05) is 23.9 Å². The van der Waals surface area contributed by atoms with Crippen LogP contribution in [0.25, 0.3) is 0 Å². The van der Waals surface area contributed by atoms with Crippen LogP contribution in [0.5, 0.6) is 0 Å². The lowest BCUT2D eigenvalue weighted by Gasteiger charge is -2.32. The summed E-state index contributed by atoms with van der Waals surface area (Å²) in [4.78, 5) is 28.6. The van der Waals surface area contributed by atoms with Crippen LogP contribution in [0.1, 0.15) is 6.92 Å². The third-order valence-electron chi connectivity index (χ3n) is 4.82. The van der Waals surface area contributed by atoms with Crippen LogP contribution in [-0.4, -0.2) is 42.9 Å². The number of nitrogens with zero attached hydrogens (tertiary/aromatic N) is 1. The van der Waals surface area contributed by atoms with Crippen molar-refractivity contribution in [1.82, 2.24) is 0 Å². The SMILES string of the molecule is CC1(C(=O)Nc2ccc(N3CCOCC3)cc2)Sc2ccccc2NC1=O. The second-order valence-corrected chi connectivity index (χ2v) is 8.15. The van der Waals surface area contributed by atoms with E-state index in [2.05, 4.69) is 15.5 Å². The number of ether oxygens (including phenoxy) is 1. The Kier molecular flexibility index (Phi) is 4.80. The number of nitrogens with one attached hydrogen (secondary N) is 2. The van der Waals surface area contributed by atoms with Crippen LogP contribution in [-0.2, 0) is 14.3 Å². The molecule has 2 N–H and O–H groups in total. The molecule has 2 heterocycles. The van der Waals surface area contributed by atoms with Crippen molar-refractivity contribution in [2.45, 2.75) is 16.6 Å². The minimum atomic E-state index is -1.22.